The van der Waals surface area contributed by atoms with E-state index >= 15 is 0 Å². The maximum Gasteiger partial charge on any atom is 0.235 e. The fourth-order valence-corrected chi connectivity index (χ4v) is 4.34. The number of carbonyl (C=O) groups is 1. The summed E-state index contributed by atoms with van der Waals surface area (Å²) in [5.74, 6) is 0.217. The number of amides is 1. The van der Waals surface area contributed by atoms with Crippen molar-refractivity contribution < 1.29 is 4.79 Å². The number of fused-ring (bicyclic) bond motifs is 1. The Balaban J connectivity index is 1.70. The van der Waals surface area contributed by atoms with E-state index in [1.165, 1.54) is 0 Å². The molecule has 2 heterocycles. The lowest BCUT2D eigenvalue weighted by molar-refractivity contribution is -0.129. The number of aromatic nitrogens is 2. The van der Waals surface area contributed by atoms with Crippen molar-refractivity contribution in [3.8, 4) is 5.69 Å². The van der Waals surface area contributed by atoms with Crippen LogP contribution in [0.5, 0.6) is 0 Å². The Morgan fingerprint density at radius 3 is 2.48 bits per heavy atom. The fourth-order valence-electron chi connectivity index (χ4n) is 3.31. The molecular formula is C20H21N3OS. The summed E-state index contributed by atoms with van der Waals surface area (Å²) < 4.78 is 2.15. The second-order valence-corrected chi connectivity index (χ2v) is 7.65. The van der Waals surface area contributed by atoms with Crippen LogP contribution < -0.4 is 0 Å². The normalized spacial score (nSPS) is 15.6. The number of likely N-dealkylation sites (tertiary alicyclic amines) is 1. The van der Waals surface area contributed by atoms with Crippen LogP contribution in [0.25, 0.3) is 16.7 Å². The largest absolute Gasteiger partial charge is 0.342 e. The lowest BCUT2D eigenvalue weighted by Gasteiger charge is -2.20. The van der Waals surface area contributed by atoms with Gasteiger partial charge in [-0.1, -0.05) is 42.1 Å². The van der Waals surface area contributed by atoms with E-state index in [1.807, 2.05) is 48.2 Å². The monoisotopic (exact) mass is 351 g/mol. The van der Waals surface area contributed by atoms with E-state index < -0.39 is 0 Å². The number of carbonyl (C=O) groups excluding carboxylic acids is 1. The summed E-state index contributed by atoms with van der Waals surface area (Å²) >= 11 is 1.55. The van der Waals surface area contributed by atoms with E-state index in [0.29, 0.717) is 0 Å². The molecule has 0 spiro atoms. The fraction of sp³-hybridized carbons (Fsp3) is 0.300. The Kier molecular flexibility index (Phi) is 4.49. The number of benzene rings is 2. The third kappa shape index (κ3) is 3.16. The second-order valence-electron chi connectivity index (χ2n) is 6.35. The van der Waals surface area contributed by atoms with Crippen molar-refractivity contribution in [3.05, 3.63) is 54.6 Å². The zero-order valence-electron chi connectivity index (χ0n) is 14.3. The highest BCUT2D eigenvalue weighted by Crippen LogP contribution is 2.31. The molecule has 128 valence electrons. The molecule has 1 saturated heterocycles. The van der Waals surface area contributed by atoms with Crippen LogP contribution in [0.2, 0.25) is 0 Å². The highest BCUT2D eigenvalue weighted by molar-refractivity contribution is 8.00. The zero-order valence-corrected chi connectivity index (χ0v) is 15.1. The molecule has 0 saturated carbocycles. The SMILES string of the molecule is C[C@@H](Sc1nc2ccccc2n1-c1ccccc1)C(=O)N1CCCC1. The number of hydrogen-bond acceptors (Lipinski definition) is 3. The minimum absolute atomic E-state index is 0.141. The zero-order chi connectivity index (χ0) is 17.2. The molecule has 1 aliphatic heterocycles. The molecule has 1 aliphatic rings. The molecule has 0 unspecified atom stereocenters. The first-order chi connectivity index (χ1) is 12.2. The maximum absolute atomic E-state index is 12.7. The molecule has 0 aliphatic carbocycles. The standard InChI is InChI=1S/C20H21N3OS/c1-15(19(24)22-13-7-8-14-22)25-20-21-17-11-5-6-12-18(17)23(20)16-9-3-2-4-10-16/h2-6,9-12,15H,7-8,13-14H2,1H3/t15-/m1/s1. The van der Waals surface area contributed by atoms with Crippen LogP contribution >= 0.6 is 11.8 Å². The third-order valence-corrected chi connectivity index (χ3v) is 5.63. The van der Waals surface area contributed by atoms with Gasteiger partial charge in [-0.15, -0.1) is 0 Å². The van der Waals surface area contributed by atoms with E-state index in [1.54, 1.807) is 11.8 Å². The molecule has 4 nitrogen and oxygen atoms in total. The van der Waals surface area contributed by atoms with E-state index in [-0.39, 0.29) is 11.2 Å². The van der Waals surface area contributed by atoms with Crippen LogP contribution in [0.4, 0.5) is 0 Å². The van der Waals surface area contributed by atoms with E-state index in [2.05, 4.69) is 22.8 Å². The molecule has 0 radical (unpaired) electrons. The molecule has 1 atom stereocenters. The van der Waals surface area contributed by atoms with Crippen LogP contribution in [-0.2, 0) is 4.79 Å². The van der Waals surface area contributed by atoms with Crippen LogP contribution in [-0.4, -0.2) is 38.7 Å². The maximum atomic E-state index is 12.7. The summed E-state index contributed by atoms with van der Waals surface area (Å²) in [5, 5.41) is 0.727. The molecule has 1 fully saturated rings. The Bertz CT molecular complexity index is 884. The molecule has 0 bridgehead atoms. The molecule has 5 heteroatoms. The third-order valence-electron chi connectivity index (χ3n) is 4.59. The number of hydrogen-bond donors (Lipinski definition) is 0. The van der Waals surface area contributed by atoms with Gasteiger partial charge in [0.1, 0.15) is 0 Å². The van der Waals surface area contributed by atoms with Crippen molar-refractivity contribution >= 4 is 28.7 Å². The predicted octanol–water partition coefficient (Wildman–Crippen LogP) is 4.13. The van der Waals surface area contributed by atoms with Crippen LogP contribution in [0, 0.1) is 0 Å². The van der Waals surface area contributed by atoms with Gasteiger partial charge in [0.05, 0.1) is 16.3 Å². The smallest absolute Gasteiger partial charge is 0.235 e. The van der Waals surface area contributed by atoms with E-state index in [9.17, 15) is 4.79 Å². The predicted molar refractivity (Wildman–Crippen MR) is 102 cm³/mol. The molecular weight excluding hydrogens is 330 g/mol. The lowest BCUT2D eigenvalue weighted by Crippen LogP contribution is -2.34. The molecule has 25 heavy (non-hydrogen) atoms. The van der Waals surface area contributed by atoms with Gasteiger partial charge in [-0.25, -0.2) is 4.98 Å². The average Bonchev–Trinajstić information content (AvgIpc) is 3.29. The highest BCUT2D eigenvalue weighted by Gasteiger charge is 2.26. The Hall–Kier alpha value is -2.27. The molecule has 1 amide bonds. The molecule has 3 aromatic rings. The Morgan fingerprint density at radius 2 is 1.72 bits per heavy atom. The first-order valence-corrected chi connectivity index (χ1v) is 9.60. The van der Waals surface area contributed by atoms with E-state index in [4.69, 9.17) is 4.98 Å². The van der Waals surface area contributed by atoms with Crippen LogP contribution in [0.1, 0.15) is 19.8 Å². The minimum atomic E-state index is -0.141. The van der Waals surface area contributed by atoms with Gasteiger partial charge in [-0.05, 0) is 44.0 Å². The average molecular weight is 351 g/mol. The van der Waals surface area contributed by atoms with Gasteiger partial charge in [0.25, 0.3) is 0 Å². The second kappa shape index (κ2) is 6.92. The Labute approximate surface area is 151 Å². The molecule has 4 rings (SSSR count). The van der Waals surface area contributed by atoms with Gasteiger partial charge in [0.15, 0.2) is 5.16 Å². The van der Waals surface area contributed by atoms with Crippen molar-refractivity contribution in [2.24, 2.45) is 0 Å². The summed E-state index contributed by atoms with van der Waals surface area (Å²) in [6.45, 7) is 3.76. The van der Waals surface area contributed by atoms with Crippen molar-refractivity contribution in [1.29, 1.82) is 0 Å². The molecule has 0 N–H and O–H groups in total. The van der Waals surface area contributed by atoms with Crippen molar-refractivity contribution in [3.63, 3.8) is 0 Å². The first-order valence-electron chi connectivity index (χ1n) is 8.72. The molecule has 1 aromatic heterocycles. The van der Waals surface area contributed by atoms with Gasteiger partial charge in [0.2, 0.25) is 5.91 Å². The minimum Gasteiger partial charge on any atom is -0.342 e. The summed E-state index contributed by atoms with van der Waals surface area (Å²) in [7, 11) is 0. The van der Waals surface area contributed by atoms with Gasteiger partial charge in [-0.2, -0.15) is 0 Å². The number of thioether (sulfide) groups is 1. The number of imidazole rings is 1. The Morgan fingerprint density at radius 1 is 1.04 bits per heavy atom. The summed E-state index contributed by atoms with van der Waals surface area (Å²) in [4.78, 5) is 19.5. The van der Waals surface area contributed by atoms with Crippen LogP contribution in [0.3, 0.4) is 0 Å². The van der Waals surface area contributed by atoms with Gasteiger partial charge in [-0.3, -0.25) is 9.36 Å². The first kappa shape index (κ1) is 16.2. The van der Waals surface area contributed by atoms with E-state index in [0.717, 1.165) is 47.8 Å². The lowest BCUT2D eigenvalue weighted by atomic mass is 10.3. The van der Waals surface area contributed by atoms with Crippen LogP contribution in [0.15, 0.2) is 59.8 Å². The van der Waals surface area contributed by atoms with Crippen molar-refractivity contribution in [2.45, 2.75) is 30.2 Å². The van der Waals surface area contributed by atoms with Gasteiger partial charge < -0.3 is 4.90 Å². The highest BCUT2D eigenvalue weighted by atomic mass is 32.2. The number of para-hydroxylation sites is 3. The van der Waals surface area contributed by atoms with Crippen molar-refractivity contribution in [2.75, 3.05) is 13.1 Å². The van der Waals surface area contributed by atoms with Crippen molar-refractivity contribution in [1.82, 2.24) is 14.5 Å². The topological polar surface area (TPSA) is 38.1 Å². The molecule has 2 aromatic carbocycles. The number of rotatable bonds is 4. The number of nitrogens with zero attached hydrogens (tertiary/aromatic N) is 3. The summed E-state index contributed by atoms with van der Waals surface area (Å²) in [5.41, 5.74) is 3.09. The quantitative estimate of drug-likeness (QED) is 0.664. The summed E-state index contributed by atoms with van der Waals surface area (Å²) in [6, 6.07) is 18.3. The summed E-state index contributed by atoms with van der Waals surface area (Å²) in [6.07, 6.45) is 2.23. The van der Waals surface area contributed by atoms with Gasteiger partial charge in [0, 0.05) is 18.8 Å². The van der Waals surface area contributed by atoms with Gasteiger partial charge >= 0.3 is 0 Å².